The van der Waals surface area contributed by atoms with E-state index in [1.54, 1.807) is 11.0 Å². The molecule has 0 unspecified atom stereocenters. The maximum Gasteiger partial charge on any atom is 0.313 e. The number of hydrogen-bond donors (Lipinski definition) is 2. The fourth-order valence-electron chi connectivity index (χ4n) is 4.49. The molecule has 180 valence electrons. The Labute approximate surface area is 199 Å². The molecule has 34 heavy (non-hydrogen) atoms. The van der Waals surface area contributed by atoms with E-state index in [4.69, 9.17) is 5.73 Å². The number of nitrogens with zero attached hydrogens (tertiary/aromatic N) is 5. The number of benzene rings is 1. The highest BCUT2D eigenvalue weighted by atomic mass is 16.2. The number of hydrogen-bond acceptors (Lipinski definition) is 6. The fraction of sp³-hybridized carbons (Fsp3) is 0.440. The van der Waals surface area contributed by atoms with Crippen LogP contribution in [0.2, 0.25) is 0 Å². The normalized spacial score (nSPS) is 16.2. The molecule has 3 heterocycles. The van der Waals surface area contributed by atoms with Crippen molar-refractivity contribution in [3.63, 3.8) is 0 Å². The third-order valence-electron chi connectivity index (χ3n) is 6.41. The predicted molar refractivity (Wildman–Crippen MR) is 133 cm³/mol. The van der Waals surface area contributed by atoms with E-state index in [1.165, 1.54) is 6.20 Å². The summed E-state index contributed by atoms with van der Waals surface area (Å²) in [5, 5.41) is 8.28. The molecule has 0 aliphatic carbocycles. The molecule has 1 aliphatic heterocycles. The van der Waals surface area contributed by atoms with Crippen LogP contribution in [0.15, 0.2) is 36.7 Å². The zero-order chi connectivity index (χ0) is 24.2. The highest BCUT2D eigenvalue weighted by molar-refractivity contribution is 6.39. The van der Waals surface area contributed by atoms with Crippen molar-refractivity contribution in [3.8, 4) is 0 Å². The zero-order valence-corrected chi connectivity index (χ0v) is 20.1. The van der Waals surface area contributed by atoms with Gasteiger partial charge in [-0.2, -0.15) is 5.10 Å². The molecule has 0 bridgehead atoms. The first kappa shape index (κ1) is 23.7. The number of likely N-dealkylation sites (N-methyl/N-ethyl adjacent to an activating group) is 1. The largest absolute Gasteiger partial charge is 0.383 e. The van der Waals surface area contributed by atoms with E-state index in [0.717, 1.165) is 54.4 Å². The van der Waals surface area contributed by atoms with Gasteiger partial charge in [0.15, 0.2) is 0 Å². The van der Waals surface area contributed by atoms with E-state index in [9.17, 15) is 9.59 Å². The fourth-order valence-corrected chi connectivity index (χ4v) is 4.49. The van der Waals surface area contributed by atoms with Gasteiger partial charge in [-0.05, 0) is 69.1 Å². The van der Waals surface area contributed by atoms with Crippen molar-refractivity contribution in [2.45, 2.75) is 45.2 Å². The second-order valence-electron chi connectivity index (χ2n) is 9.08. The summed E-state index contributed by atoms with van der Waals surface area (Å²) in [6.45, 7) is 4.23. The summed E-state index contributed by atoms with van der Waals surface area (Å²) in [6.07, 6.45) is 6.76. The average Bonchev–Trinajstić information content (AvgIpc) is 3.25. The lowest BCUT2D eigenvalue weighted by molar-refractivity contribution is -0.145. The molecule has 1 aromatic carbocycles. The van der Waals surface area contributed by atoms with Crippen molar-refractivity contribution in [3.05, 3.63) is 47.8 Å². The number of carbonyl (C=O) groups excluding carboxylic acids is 2. The summed E-state index contributed by atoms with van der Waals surface area (Å²) in [6, 6.07) is 7.85. The molecule has 1 atom stereocenters. The van der Waals surface area contributed by atoms with Gasteiger partial charge < -0.3 is 20.9 Å². The molecule has 9 heteroatoms. The van der Waals surface area contributed by atoms with Gasteiger partial charge in [-0.25, -0.2) is 4.98 Å². The summed E-state index contributed by atoms with van der Waals surface area (Å²) >= 11 is 0. The van der Waals surface area contributed by atoms with Crippen LogP contribution in [0, 0.1) is 0 Å². The van der Waals surface area contributed by atoms with Gasteiger partial charge in [0.1, 0.15) is 5.82 Å². The standard InChI is InChI=1S/C25H33N7O2/c1-4-17-14-20(16-27-23(17)26)29-24(33)25(34)31-10-6-5-7-21(31)18-8-9-22-19(13-18)15-28-32(22)12-11-30(2)3/h8-9,13-16,21H,4-7,10-12H2,1-3H3,(H2,26,27)(H,29,33)/t21-/m0/s1. The highest BCUT2D eigenvalue weighted by Crippen LogP contribution is 2.33. The number of nitrogen functional groups attached to an aromatic ring is 1. The van der Waals surface area contributed by atoms with Gasteiger partial charge in [-0.3, -0.25) is 14.3 Å². The van der Waals surface area contributed by atoms with Gasteiger partial charge in [-0.1, -0.05) is 13.0 Å². The third kappa shape index (κ3) is 5.04. The van der Waals surface area contributed by atoms with Gasteiger partial charge in [0, 0.05) is 18.5 Å². The van der Waals surface area contributed by atoms with Crippen molar-refractivity contribution in [1.82, 2.24) is 24.6 Å². The molecule has 4 rings (SSSR count). The van der Waals surface area contributed by atoms with E-state index < -0.39 is 11.8 Å². The summed E-state index contributed by atoms with van der Waals surface area (Å²) in [7, 11) is 4.09. The number of amides is 2. The van der Waals surface area contributed by atoms with Crippen molar-refractivity contribution < 1.29 is 9.59 Å². The Bertz CT molecular complexity index is 1190. The Morgan fingerprint density at radius 1 is 1.21 bits per heavy atom. The van der Waals surface area contributed by atoms with E-state index in [2.05, 4.69) is 38.5 Å². The second kappa shape index (κ2) is 10.2. The van der Waals surface area contributed by atoms with Gasteiger partial charge in [0.2, 0.25) is 0 Å². The molecular weight excluding hydrogens is 430 g/mol. The van der Waals surface area contributed by atoms with Crippen molar-refractivity contribution >= 4 is 34.2 Å². The van der Waals surface area contributed by atoms with E-state index in [0.29, 0.717) is 24.5 Å². The van der Waals surface area contributed by atoms with E-state index in [-0.39, 0.29) is 6.04 Å². The Hall–Kier alpha value is -3.46. The smallest absolute Gasteiger partial charge is 0.313 e. The monoisotopic (exact) mass is 463 g/mol. The Morgan fingerprint density at radius 2 is 2.03 bits per heavy atom. The molecule has 2 aromatic heterocycles. The van der Waals surface area contributed by atoms with Crippen LogP contribution in [0.3, 0.4) is 0 Å². The van der Waals surface area contributed by atoms with Crippen LogP contribution in [-0.2, 0) is 22.6 Å². The van der Waals surface area contributed by atoms with Crippen molar-refractivity contribution in [2.24, 2.45) is 0 Å². The zero-order valence-electron chi connectivity index (χ0n) is 20.1. The number of piperidine rings is 1. The number of pyridine rings is 1. The number of fused-ring (bicyclic) bond motifs is 1. The van der Waals surface area contributed by atoms with E-state index >= 15 is 0 Å². The molecule has 3 aromatic rings. The maximum atomic E-state index is 13.2. The lowest BCUT2D eigenvalue weighted by Crippen LogP contribution is -2.44. The van der Waals surface area contributed by atoms with Gasteiger partial charge in [-0.15, -0.1) is 0 Å². The van der Waals surface area contributed by atoms with Crippen LogP contribution < -0.4 is 11.1 Å². The molecule has 0 spiro atoms. The lowest BCUT2D eigenvalue weighted by Gasteiger charge is -2.35. The predicted octanol–water partition coefficient (Wildman–Crippen LogP) is 2.83. The van der Waals surface area contributed by atoms with Gasteiger partial charge >= 0.3 is 11.8 Å². The first-order chi connectivity index (χ1) is 16.4. The number of likely N-dealkylation sites (tertiary alicyclic amines) is 1. The first-order valence-electron chi connectivity index (χ1n) is 11.8. The van der Waals surface area contributed by atoms with Crippen LogP contribution in [0.1, 0.15) is 43.4 Å². The molecule has 9 nitrogen and oxygen atoms in total. The number of nitrogens with one attached hydrogen (secondary N) is 1. The van der Waals surface area contributed by atoms with Crippen molar-refractivity contribution in [2.75, 3.05) is 38.2 Å². The maximum absolute atomic E-state index is 13.2. The molecule has 0 saturated carbocycles. The highest BCUT2D eigenvalue weighted by Gasteiger charge is 2.32. The Morgan fingerprint density at radius 3 is 2.79 bits per heavy atom. The SMILES string of the molecule is CCc1cc(NC(=O)C(=O)N2CCCC[C@H]2c2ccc3c(cnn3CCN(C)C)c2)cnc1N. The van der Waals surface area contributed by atoms with Crippen LogP contribution in [-0.4, -0.2) is 63.6 Å². The minimum absolute atomic E-state index is 0.141. The van der Waals surface area contributed by atoms with Crippen LogP contribution in [0.4, 0.5) is 11.5 Å². The molecule has 1 fully saturated rings. The molecule has 0 radical (unpaired) electrons. The molecule has 3 N–H and O–H groups in total. The molecule has 1 saturated heterocycles. The van der Waals surface area contributed by atoms with Crippen LogP contribution >= 0.6 is 0 Å². The number of rotatable bonds is 6. The van der Waals surface area contributed by atoms with E-state index in [1.807, 2.05) is 31.9 Å². The number of nitrogens with two attached hydrogens (primary N) is 1. The molecule has 2 amide bonds. The third-order valence-corrected chi connectivity index (χ3v) is 6.41. The van der Waals surface area contributed by atoms with Gasteiger partial charge in [0.25, 0.3) is 0 Å². The Kier molecular flexibility index (Phi) is 7.12. The summed E-state index contributed by atoms with van der Waals surface area (Å²) < 4.78 is 2.00. The van der Waals surface area contributed by atoms with Crippen LogP contribution in [0.5, 0.6) is 0 Å². The first-order valence-corrected chi connectivity index (χ1v) is 11.8. The average molecular weight is 464 g/mol. The minimum Gasteiger partial charge on any atom is -0.383 e. The number of aromatic nitrogens is 3. The quantitative estimate of drug-likeness (QED) is 0.544. The summed E-state index contributed by atoms with van der Waals surface area (Å²) in [5.74, 6) is -0.747. The van der Waals surface area contributed by atoms with Crippen LogP contribution in [0.25, 0.3) is 10.9 Å². The topological polar surface area (TPSA) is 109 Å². The second-order valence-corrected chi connectivity index (χ2v) is 9.08. The molecular formula is C25H33N7O2. The molecule has 1 aliphatic rings. The van der Waals surface area contributed by atoms with Crippen molar-refractivity contribution in [1.29, 1.82) is 0 Å². The lowest BCUT2D eigenvalue weighted by atomic mass is 9.94. The number of carbonyl (C=O) groups is 2. The number of anilines is 2. The van der Waals surface area contributed by atoms with Gasteiger partial charge in [0.05, 0.1) is 36.2 Å². The Balaban J connectivity index is 1.52. The number of aryl methyl sites for hydroxylation is 1. The minimum atomic E-state index is -0.655. The summed E-state index contributed by atoms with van der Waals surface area (Å²) in [5.41, 5.74) is 9.26. The summed E-state index contributed by atoms with van der Waals surface area (Å²) in [4.78, 5) is 34.0.